The summed E-state index contributed by atoms with van der Waals surface area (Å²) in [5, 5.41) is 9.23. The summed E-state index contributed by atoms with van der Waals surface area (Å²) in [6.07, 6.45) is 0. The number of hydrogen-bond acceptors (Lipinski definition) is 5. The summed E-state index contributed by atoms with van der Waals surface area (Å²) in [6, 6.07) is 6.63. The van der Waals surface area contributed by atoms with E-state index in [1.54, 1.807) is 12.1 Å². The van der Waals surface area contributed by atoms with Gasteiger partial charge in [0.15, 0.2) is 0 Å². The second kappa shape index (κ2) is 5.84. The van der Waals surface area contributed by atoms with Gasteiger partial charge in [-0.1, -0.05) is 12.1 Å². The second-order valence-corrected chi connectivity index (χ2v) is 4.25. The lowest BCUT2D eigenvalue weighted by molar-refractivity contribution is -0.153. The number of ether oxygens (including phenoxy) is 2. The molecule has 0 radical (unpaired) electrons. The summed E-state index contributed by atoms with van der Waals surface area (Å²) >= 11 is 0. The molecule has 0 bridgehead atoms. The molecular weight excluding hydrogens is 234 g/mol. The van der Waals surface area contributed by atoms with Crippen LogP contribution in [-0.4, -0.2) is 48.9 Å². The SMILES string of the molecule is COC(=O)C1COCCN1Cc1ccc(O)cc1. The zero-order valence-corrected chi connectivity index (χ0v) is 10.3. The molecule has 0 aromatic heterocycles. The molecule has 1 N–H and O–H groups in total. The number of hydrogen-bond donors (Lipinski definition) is 1. The van der Waals surface area contributed by atoms with Gasteiger partial charge in [-0.15, -0.1) is 0 Å². The van der Waals surface area contributed by atoms with Gasteiger partial charge < -0.3 is 14.6 Å². The lowest BCUT2D eigenvalue weighted by Crippen LogP contribution is -2.49. The summed E-state index contributed by atoms with van der Waals surface area (Å²) in [4.78, 5) is 13.7. The van der Waals surface area contributed by atoms with Gasteiger partial charge in [-0.3, -0.25) is 9.69 Å². The normalized spacial score (nSPS) is 20.6. The molecule has 98 valence electrons. The third-order valence-electron chi connectivity index (χ3n) is 3.03. The van der Waals surface area contributed by atoms with Crippen molar-refractivity contribution in [2.24, 2.45) is 0 Å². The molecule has 1 unspecified atom stereocenters. The molecule has 1 aromatic carbocycles. The number of methoxy groups -OCH3 is 1. The summed E-state index contributed by atoms with van der Waals surface area (Å²) in [5.74, 6) is -0.0290. The molecule has 1 saturated heterocycles. The van der Waals surface area contributed by atoms with Crippen molar-refractivity contribution < 1.29 is 19.4 Å². The molecule has 1 heterocycles. The first-order valence-electron chi connectivity index (χ1n) is 5.88. The van der Waals surface area contributed by atoms with E-state index in [0.717, 1.165) is 5.56 Å². The standard InChI is InChI=1S/C13H17NO4/c1-17-13(16)12-9-18-7-6-14(12)8-10-2-4-11(15)5-3-10/h2-5,12,15H,6-9H2,1H3. The van der Waals surface area contributed by atoms with E-state index < -0.39 is 0 Å². The molecule has 2 rings (SSSR count). The first-order valence-corrected chi connectivity index (χ1v) is 5.88. The molecule has 1 aromatic rings. The third-order valence-corrected chi connectivity index (χ3v) is 3.03. The average molecular weight is 251 g/mol. The highest BCUT2D eigenvalue weighted by Gasteiger charge is 2.30. The van der Waals surface area contributed by atoms with Crippen LogP contribution in [-0.2, 0) is 20.8 Å². The number of aromatic hydroxyl groups is 1. The Balaban J connectivity index is 2.05. The van der Waals surface area contributed by atoms with Gasteiger partial charge >= 0.3 is 5.97 Å². The number of benzene rings is 1. The van der Waals surface area contributed by atoms with Crippen molar-refractivity contribution in [3.8, 4) is 5.75 Å². The molecule has 1 aliphatic rings. The Morgan fingerprint density at radius 3 is 2.89 bits per heavy atom. The minimum atomic E-state index is -0.349. The van der Waals surface area contributed by atoms with E-state index in [0.29, 0.717) is 26.3 Å². The van der Waals surface area contributed by atoms with Crippen molar-refractivity contribution in [3.63, 3.8) is 0 Å². The molecule has 0 aliphatic carbocycles. The molecule has 1 fully saturated rings. The number of rotatable bonds is 3. The zero-order valence-electron chi connectivity index (χ0n) is 10.3. The van der Waals surface area contributed by atoms with E-state index >= 15 is 0 Å². The minimum Gasteiger partial charge on any atom is -0.508 e. The molecule has 1 aliphatic heterocycles. The first kappa shape index (κ1) is 12.9. The van der Waals surface area contributed by atoms with Crippen LogP contribution in [0.3, 0.4) is 0 Å². The van der Waals surface area contributed by atoms with Crippen LogP contribution in [0.2, 0.25) is 0 Å². The highest BCUT2D eigenvalue weighted by Crippen LogP contribution is 2.16. The maximum Gasteiger partial charge on any atom is 0.325 e. The van der Waals surface area contributed by atoms with Crippen LogP contribution in [0.4, 0.5) is 0 Å². The lowest BCUT2D eigenvalue weighted by Gasteiger charge is -2.33. The fourth-order valence-electron chi connectivity index (χ4n) is 2.02. The third kappa shape index (κ3) is 3.00. The van der Waals surface area contributed by atoms with E-state index in [-0.39, 0.29) is 17.8 Å². The monoisotopic (exact) mass is 251 g/mol. The number of morpholine rings is 1. The Morgan fingerprint density at radius 1 is 1.50 bits per heavy atom. The fraction of sp³-hybridized carbons (Fsp3) is 0.462. The van der Waals surface area contributed by atoms with E-state index in [2.05, 4.69) is 0 Å². The van der Waals surface area contributed by atoms with Gasteiger partial charge in [0, 0.05) is 13.1 Å². The van der Waals surface area contributed by atoms with Gasteiger partial charge in [0.1, 0.15) is 11.8 Å². The number of phenolic OH excluding ortho intramolecular Hbond substituents is 1. The molecule has 0 spiro atoms. The molecule has 5 nitrogen and oxygen atoms in total. The molecule has 0 saturated carbocycles. The average Bonchev–Trinajstić information content (AvgIpc) is 2.41. The summed E-state index contributed by atoms with van der Waals surface area (Å²) in [5.41, 5.74) is 1.05. The van der Waals surface area contributed by atoms with Crippen LogP contribution in [0.25, 0.3) is 0 Å². The summed E-state index contributed by atoms with van der Waals surface area (Å²) in [6.45, 7) is 2.32. The Bertz CT molecular complexity index is 404. The highest BCUT2D eigenvalue weighted by atomic mass is 16.5. The Kier molecular flexibility index (Phi) is 4.17. The van der Waals surface area contributed by atoms with Crippen LogP contribution >= 0.6 is 0 Å². The number of carbonyl (C=O) groups excluding carboxylic acids is 1. The van der Waals surface area contributed by atoms with Crippen LogP contribution in [0, 0.1) is 0 Å². The van der Waals surface area contributed by atoms with Gasteiger partial charge in [0.25, 0.3) is 0 Å². The van der Waals surface area contributed by atoms with Gasteiger partial charge in [-0.05, 0) is 17.7 Å². The number of esters is 1. The van der Waals surface area contributed by atoms with Gasteiger partial charge in [-0.2, -0.15) is 0 Å². The second-order valence-electron chi connectivity index (χ2n) is 4.25. The number of phenols is 1. The van der Waals surface area contributed by atoms with Crippen LogP contribution < -0.4 is 0 Å². The largest absolute Gasteiger partial charge is 0.508 e. The Morgan fingerprint density at radius 2 is 2.22 bits per heavy atom. The van der Waals surface area contributed by atoms with Crippen molar-refractivity contribution in [2.75, 3.05) is 26.9 Å². The predicted molar refractivity (Wildman–Crippen MR) is 65.1 cm³/mol. The lowest BCUT2D eigenvalue weighted by atomic mass is 10.1. The van der Waals surface area contributed by atoms with E-state index in [1.807, 2.05) is 17.0 Å². The van der Waals surface area contributed by atoms with E-state index in [9.17, 15) is 9.90 Å². The van der Waals surface area contributed by atoms with Crippen LogP contribution in [0.15, 0.2) is 24.3 Å². The molecule has 18 heavy (non-hydrogen) atoms. The molecule has 0 amide bonds. The van der Waals surface area contributed by atoms with E-state index in [4.69, 9.17) is 9.47 Å². The van der Waals surface area contributed by atoms with Crippen LogP contribution in [0.5, 0.6) is 5.75 Å². The number of nitrogens with zero attached hydrogens (tertiary/aromatic N) is 1. The maximum absolute atomic E-state index is 11.6. The fourth-order valence-corrected chi connectivity index (χ4v) is 2.02. The van der Waals surface area contributed by atoms with Gasteiger partial charge in [0.2, 0.25) is 0 Å². The topological polar surface area (TPSA) is 59.0 Å². The summed E-state index contributed by atoms with van der Waals surface area (Å²) in [7, 11) is 1.38. The van der Waals surface area contributed by atoms with Crippen molar-refractivity contribution in [1.29, 1.82) is 0 Å². The van der Waals surface area contributed by atoms with Crippen LogP contribution in [0.1, 0.15) is 5.56 Å². The Hall–Kier alpha value is -1.59. The van der Waals surface area contributed by atoms with Gasteiger partial charge in [0.05, 0.1) is 20.3 Å². The quantitative estimate of drug-likeness (QED) is 0.804. The first-order chi connectivity index (χ1) is 8.70. The van der Waals surface area contributed by atoms with Crippen molar-refractivity contribution in [2.45, 2.75) is 12.6 Å². The minimum absolute atomic E-state index is 0.241. The van der Waals surface area contributed by atoms with Crippen molar-refractivity contribution in [3.05, 3.63) is 29.8 Å². The predicted octanol–water partition coefficient (Wildman–Crippen LogP) is 0.766. The number of carbonyl (C=O) groups is 1. The molecular formula is C13H17NO4. The highest BCUT2D eigenvalue weighted by molar-refractivity contribution is 5.75. The van der Waals surface area contributed by atoms with Crippen molar-refractivity contribution in [1.82, 2.24) is 4.90 Å². The molecule has 5 heteroatoms. The van der Waals surface area contributed by atoms with E-state index in [1.165, 1.54) is 7.11 Å². The van der Waals surface area contributed by atoms with Crippen molar-refractivity contribution >= 4 is 5.97 Å². The smallest absolute Gasteiger partial charge is 0.325 e. The molecule has 1 atom stereocenters. The Labute approximate surface area is 106 Å². The van der Waals surface area contributed by atoms with Gasteiger partial charge in [-0.25, -0.2) is 0 Å². The maximum atomic E-state index is 11.6. The summed E-state index contributed by atoms with van der Waals surface area (Å²) < 4.78 is 10.1. The zero-order chi connectivity index (χ0) is 13.0.